The number of nitrogens with zero attached hydrogens (tertiary/aromatic N) is 1. The first-order valence-corrected chi connectivity index (χ1v) is 13.4. The second-order valence-corrected chi connectivity index (χ2v) is 12.5. The maximum Gasteiger partial charge on any atom is 0.410 e. The maximum atomic E-state index is 14.3. The summed E-state index contributed by atoms with van der Waals surface area (Å²) >= 11 is 0. The Bertz CT molecular complexity index is 1020. The highest BCUT2D eigenvalue weighted by atomic mass is 19.1. The molecule has 1 heterocycles. The lowest BCUT2D eigenvalue weighted by Crippen LogP contribution is -2.52. The normalized spacial score (nSPS) is 23.2. The van der Waals surface area contributed by atoms with Gasteiger partial charge < -0.3 is 19.5 Å². The van der Waals surface area contributed by atoms with E-state index in [9.17, 15) is 18.8 Å². The quantitative estimate of drug-likeness (QED) is 0.469. The van der Waals surface area contributed by atoms with Crippen LogP contribution in [0.1, 0.15) is 66.9 Å². The van der Waals surface area contributed by atoms with E-state index < -0.39 is 47.0 Å². The summed E-state index contributed by atoms with van der Waals surface area (Å²) in [6, 6.07) is 6.07. The molecule has 0 aromatic heterocycles. The van der Waals surface area contributed by atoms with Crippen LogP contribution in [0.15, 0.2) is 24.3 Å². The number of carbonyl (C=O) groups excluding carboxylic acids is 3. The van der Waals surface area contributed by atoms with Crippen molar-refractivity contribution in [1.82, 2.24) is 10.2 Å². The average Bonchev–Trinajstić information content (AvgIpc) is 3.44. The van der Waals surface area contributed by atoms with Gasteiger partial charge >= 0.3 is 12.1 Å². The van der Waals surface area contributed by atoms with Gasteiger partial charge in [0.1, 0.15) is 17.0 Å². The third-order valence-electron chi connectivity index (χ3n) is 6.99. The van der Waals surface area contributed by atoms with E-state index in [4.69, 9.17) is 14.2 Å². The number of methoxy groups -OCH3 is 1. The van der Waals surface area contributed by atoms with E-state index in [0.717, 1.165) is 12.8 Å². The summed E-state index contributed by atoms with van der Waals surface area (Å²) in [5.74, 6) is -2.24. The van der Waals surface area contributed by atoms with Gasteiger partial charge in [-0.25, -0.2) is 9.18 Å². The number of amides is 2. The number of esters is 1. The zero-order chi connectivity index (χ0) is 28.4. The van der Waals surface area contributed by atoms with Crippen LogP contribution in [0.3, 0.4) is 0 Å². The largest absolute Gasteiger partial charge is 0.460 e. The Hall–Kier alpha value is -2.68. The summed E-state index contributed by atoms with van der Waals surface area (Å²) in [5, 5.41) is 2.85. The molecule has 2 aliphatic rings. The SMILES string of the molecule is CO[C@@H](C1C[C@@H]2C[C@@H]2N1C(=O)OC(C)(C)C)[C@@H](C)C(=O)NC[C@@H](Cc1ccccc1F)C(=O)OC(C)(C)C. The number of likely N-dealkylation sites (tertiary alicyclic amines) is 1. The molecule has 6 atom stereocenters. The van der Waals surface area contributed by atoms with Crippen molar-refractivity contribution in [1.29, 1.82) is 0 Å². The summed E-state index contributed by atoms with van der Waals surface area (Å²) in [4.78, 5) is 41.0. The van der Waals surface area contributed by atoms with Crippen LogP contribution in [-0.2, 0) is 30.2 Å². The van der Waals surface area contributed by atoms with E-state index in [1.807, 2.05) is 20.8 Å². The molecular formula is C29H43FN2O6. The van der Waals surface area contributed by atoms with Crippen LogP contribution < -0.4 is 5.32 Å². The molecule has 0 bridgehead atoms. The molecule has 1 saturated heterocycles. The van der Waals surface area contributed by atoms with Crippen molar-refractivity contribution in [2.24, 2.45) is 17.8 Å². The molecule has 9 heteroatoms. The number of benzene rings is 1. The van der Waals surface area contributed by atoms with Crippen molar-refractivity contribution in [2.45, 2.75) is 97.1 Å². The van der Waals surface area contributed by atoms with Gasteiger partial charge in [0.2, 0.25) is 5.91 Å². The van der Waals surface area contributed by atoms with Crippen LogP contribution in [0.25, 0.3) is 0 Å². The number of carbonyl (C=O) groups is 3. The van der Waals surface area contributed by atoms with E-state index in [-0.39, 0.29) is 31.0 Å². The lowest BCUT2D eigenvalue weighted by molar-refractivity contribution is -0.159. The van der Waals surface area contributed by atoms with Gasteiger partial charge in [-0.3, -0.25) is 14.5 Å². The summed E-state index contributed by atoms with van der Waals surface area (Å²) in [6.07, 6.45) is 0.815. The zero-order valence-electron chi connectivity index (χ0n) is 23.9. The molecule has 212 valence electrons. The average molecular weight is 535 g/mol. The van der Waals surface area contributed by atoms with Crippen molar-refractivity contribution in [3.05, 3.63) is 35.6 Å². The van der Waals surface area contributed by atoms with E-state index >= 15 is 0 Å². The Morgan fingerprint density at radius 1 is 1.05 bits per heavy atom. The van der Waals surface area contributed by atoms with Gasteiger partial charge in [0.05, 0.1) is 24.0 Å². The van der Waals surface area contributed by atoms with E-state index in [1.54, 1.807) is 50.8 Å². The summed E-state index contributed by atoms with van der Waals surface area (Å²) < 4.78 is 31.3. The van der Waals surface area contributed by atoms with Crippen LogP contribution in [0.2, 0.25) is 0 Å². The Morgan fingerprint density at radius 2 is 1.68 bits per heavy atom. The van der Waals surface area contributed by atoms with Gasteiger partial charge in [-0.1, -0.05) is 25.1 Å². The highest BCUT2D eigenvalue weighted by Gasteiger charge is 2.58. The molecule has 1 saturated carbocycles. The molecule has 2 fully saturated rings. The van der Waals surface area contributed by atoms with Crippen LogP contribution in [0.4, 0.5) is 9.18 Å². The van der Waals surface area contributed by atoms with Crippen molar-refractivity contribution < 1.29 is 33.0 Å². The third-order valence-corrected chi connectivity index (χ3v) is 6.99. The molecule has 0 spiro atoms. The number of halogens is 1. The van der Waals surface area contributed by atoms with Crippen LogP contribution >= 0.6 is 0 Å². The first-order chi connectivity index (χ1) is 17.6. The minimum Gasteiger partial charge on any atom is -0.460 e. The first-order valence-electron chi connectivity index (χ1n) is 13.4. The fourth-order valence-electron chi connectivity index (χ4n) is 5.15. The highest BCUT2D eigenvalue weighted by molar-refractivity contribution is 5.80. The van der Waals surface area contributed by atoms with Gasteiger partial charge in [0.25, 0.3) is 0 Å². The molecular weight excluding hydrogens is 491 g/mol. The monoisotopic (exact) mass is 534 g/mol. The molecule has 1 aliphatic heterocycles. The van der Waals surface area contributed by atoms with Gasteiger partial charge in [0, 0.05) is 19.7 Å². The maximum absolute atomic E-state index is 14.3. The third kappa shape index (κ3) is 7.68. The van der Waals surface area contributed by atoms with E-state index in [0.29, 0.717) is 11.5 Å². The zero-order valence-corrected chi connectivity index (χ0v) is 23.9. The van der Waals surface area contributed by atoms with Crippen molar-refractivity contribution in [3.8, 4) is 0 Å². The minimum absolute atomic E-state index is 0.0193. The first kappa shape index (κ1) is 29.9. The number of ether oxygens (including phenoxy) is 3. The number of nitrogens with one attached hydrogen (secondary N) is 1. The number of hydrogen-bond donors (Lipinski definition) is 1. The summed E-state index contributed by atoms with van der Waals surface area (Å²) in [5.41, 5.74) is -0.981. The molecule has 3 rings (SSSR count). The smallest absolute Gasteiger partial charge is 0.410 e. The van der Waals surface area contributed by atoms with Gasteiger partial charge in [-0.15, -0.1) is 0 Å². The lowest BCUT2D eigenvalue weighted by atomic mass is 9.93. The summed E-state index contributed by atoms with van der Waals surface area (Å²) in [7, 11) is 1.54. The predicted octanol–water partition coefficient (Wildman–Crippen LogP) is 4.49. The fraction of sp³-hybridized carbons (Fsp3) is 0.690. The summed E-state index contributed by atoms with van der Waals surface area (Å²) in [6.45, 7) is 12.5. The number of fused-ring (bicyclic) bond motifs is 1. The second-order valence-electron chi connectivity index (χ2n) is 12.5. The Kier molecular flexibility index (Phi) is 9.12. The van der Waals surface area contributed by atoms with Crippen LogP contribution in [-0.4, -0.2) is 65.9 Å². The highest BCUT2D eigenvalue weighted by Crippen LogP contribution is 2.50. The standard InChI is InChI=1S/C29H43FN2O6/c1-17(24(36-8)23-15-19-14-22(19)32(23)27(35)38-29(5,6)7)25(33)31-16-20(26(34)37-28(2,3)4)13-18-11-9-10-12-21(18)30/h9-12,17,19-20,22-24H,13-16H2,1-8H3,(H,31,33)/t17-,19+,20-,22+,23?,24-/m1/s1. The molecule has 1 unspecified atom stereocenters. The lowest BCUT2D eigenvalue weighted by Gasteiger charge is -2.36. The molecule has 1 aromatic rings. The van der Waals surface area contributed by atoms with E-state index in [1.165, 1.54) is 13.2 Å². The minimum atomic E-state index is -0.777. The van der Waals surface area contributed by atoms with Crippen molar-refractivity contribution in [2.75, 3.05) is 13.7 Å². The molecule has 1 aliphatic carbocycles. The molecule has 38 heavy (non-hydrogen) atoms. The Morgan fingerprint density at radius 3 is 2.26 bits per heavy atom. The topological polar surface area (TPSA) is 94.2 Å². The Labute approximate surface area is 225 Å². The van der Waals surface area contributed by atoms with Gasteiger partial charge in [-0.05, 0) is 78.4 Å². The molecule has 1 aromatic carbocycles. The number of hydrogen-bond acceptors (Lipinski definition) is 6. The second kappa shape index (κ2) is 11.6. The number of piperidine rings is 1. The van der Waals surface area contributed by atoms with Gasteiger partial charge in [-0.2, -0.15) is 0 Å². The van der Waals surface area contributed by atoms with Gasteiger partial charge in [0.15, 0.2) is 0 Å². The van der Waals surface area contributed by atoms with Crippen molar-refractivity contribution >= 4 is 18.0 Å². The molecule has 1 N–H and O–H groups in total. The molecule has 2 amide bonds. The molecule has 8 nitrogen and oxygen atoms in total. The predicted molar refractivity (Wildman–Crippen MR) is 141 cm³/mol. The van der Waals surface area contributed by atoms with Crippen LogP contribution in [0.5, 0.6) is 0 Å². The van der Waals surface area contributed by atoms with Crippen LogP contribution in [0, 0.1) is 23.6 Å². The van der Waals surface area contributed by atoms with E-state index in [2.05, 4.69) is 5.32 Å². The fourth-order valence-corrected chi connectivity index (χ4v) is 5.15. The Balaban J connectivity index is 1.70. The number of rotatable bonds is 9. The molecule has 0 radical (unpaired) electrons. The van der Waals surface area contributed by atoms with Crippen molar-refractivity contribution in [3.63, 3.8) is 0 Å².